The van der Waals surface area contributed by atoms with E-state index in [1.807, 2.05) is 32.9 Å². The smallest absolute Gasteiger partial charge is 0.274 e. The zero-order chi connectivity index (χ0) is 20.3. The quantitative estimate of drug-likeness (QED) is 0.674. The molecule has 0 fully saturated rings. The number of hydrogen-bond acceptors (Lipinski definition) is 4. The summed E-state index contributed by atoms with van der Waals surface area (Å²) < 4.78 is 13.8. The molecule has 0 bridgehead atoms. The van der Waals surface area contributed by atoms with Crippen molar-refractivity contribution < 1.29 is 9.18 Å². The predicted octanol–water partition coefficient (Wildman–Crippen LogP) is 4.71. The van der Waals surface area contributed by atoms with E-state index in [9.17, 15) is 9.18 Å². The van der Waals surface area contributed by atoms with Gasteiger partial charge in [-0.05, 0) is 51.0 Å². The number of nitrogens with zero attached hydrogens (tertiary/aromatic N) is 2. The van der Waals surface area contributed by atoms with Crippen molar-refractivity contribution in [1.29, 1.82) is 0 Å². The maximum atomic E-state index is 13.8. The van der Waals surface area contributed by atoms with Crippen molar-refractivity contribution >= 4 is 17.5 Å². The predicted molar refractivity (Wildman–Crippen MR) is 109 cm³/mol. The molecule has 0 saturated heterocycles. The third-order valence-corrected chi connectivity index (χ3v) is 4.40. The molecular weight excluding hydrogens is 355 g/mol. The molecule has 0 spiro atoms. The lowest BCUT2D eigenvalue weighted by Gasteiger charge is -2.13. The zero-order valence-electron chi connectivity index (χ0n) is 16.4. The molecule has 3 aromatic rings. The molecule has 2 N–H and O–H groups in total. The SMILES string of the molecule is Cc1cc(C)c(NC(=O)c2cc(C)nc(NCc3ccccc3F)n2)c(C)c1. The Hall–Kier alpha value is -3.28. The van der Waals surface area contributed by atoms with Crippen LogP contribution in [0.5, 0.6) is 0 Å². The zero-order valence-corrected chi connectivity index (χ0v) is 16.4. The average molecular weight is 378 g/mol. The fourth-order valence-electron chi connectivity index (χ4n) is 3.13. The third kappa shape index (κ3) is 4.52. The van der Waals surface area contributed by atoms with E-state index in [4.69, 9.17) is 0 Å². The number of aromatic nitrogens is 2. The van der Waals surface area contributed by atoms with Gasteiger partial charge in [0.15, 0.2) is 0 Å². The van der Waals surface area contributed by atoms with Gasteiger partial charge >= 0.3 is 0 Å². The van der Waals surface area contributed by atoms with Gasteiger partial charge in [0, 0.05) is 23.5 Å². The number of halogens is 1. The molecule has 3 rings (SSSR count). The van der Waals surface area contributed by atoms with Crippen LogP contribution >= 0.6 is 0 Å². The molecule has 0 aliphatic carbocycles. The molecule has 1 aromatic heterocycles. The number of hydrogen-bond donors (Lipinski definition) is 2. The highest BCUT2D eigenvalue weighted by Gasteiger charge is 2.14. The minimum absolute atomic E-state index is 0.230. The summed E-state index contributed by atoms with van der Waals surface area (Å²) in [6.07, 6.45) is 0. The first kappa shape index (κ1) is 19.5. The molecule has 0 aliphatic heterocycles. The van der Waals surface area contributed by atoms with Gasteiger partial charge in [-0.25, -0.2) is 14.4 Å². The summed E-state index contributed by atoms with van der Waals surface area (Å²) in [7, 11) is 0. The molecule has 0 unspecified atom stereocenters. The van der Waals surface area contributed by atoms with Crippen molar-refractivity contribution in [2.24, 2.45) is 0 Å². The van der Waals surface area contributed by atoms with E-state index in [1.165, 1.54) is 6.07 Å². The first-order chi connectivity index (χ1) is 13.3. The Morgan fingerprint density at radius 1 is 1.00 bits per heavy atom. The molecule has 28 heavy (non-hydrogen) atoms. The van der Waals surface area contributed by atoms with Gasteiger partial charge in [-0.1, -0.05) is 35.9 Å². The maximum absolute atomic E-state index is 13.8. The summed E-state index contributed by atoms with van der Waals surface area (Å²) in [4.78, 5) is 21.3. The highest BCUT2D eigenvalue weighted by molar-refractivity contribution is 6.04. The Morgan fingerprint density at radius 3 is 2.36 bits per heavy atom. The summed E-state index contributed by atoms with van der Waals surface area (Å²) in [5.41, 5.74) is 5.32. The molecule has 5 nitrogen and oxygen atoms in total. The van der Waals surface area contributed by atoms with Crippen molar-refractivity contribution in [2.75, 3.05) is 10.6 Å². The monoisotopic (exact) mass is 378 g/mol. The molecule has 0 atom stereocenters. The fourth-order valence-corrected chi connectivity index (χ4v) is 3.13. The number of nitrogens with one attached hydrogen (secondary N) is 2. The number of carbonyl (C=O) groups is 1. The highest BCUT2D eigenvalue weighted by Crippen LogP contribution is 2.22. The lowest BCUT2D eigenvalue weighted by Crippen LogP contribution is -2.17. The standard InChI is InChI=1S/C22H23FN4O/c1-13-9-14(2)20(15(3)10-13)27-21(28)19-11-16(4)25-22(26-19)24-12-17-7-5-6-8-18(17)23/h5-11H,12H2,1-4H3,(H,27,28)(H,24,25,26). The number of benzene rings is 2. The molecule has 0 radical (unpaired) electrons. The summed E-state index contributed by atoms with van der Waals surface area (Å²) in [6, 6.07) is 12.2. The van der Waals surface area contributed by atoms with Crippen LogP contribution in [0.1, 0.15) is 38.4 Å². The van der Waals surface area contributed by atoms with Gasteiger partial charge in [0.2, 0.25) is 5.95 Å². The van der Waals surface area contributed by atoms with Crippen LogP contribution < -0.4 is 10.6 Å². The Balaban J connectivity index is 1.79. The number of carbonyl (C=O) groups excluding carboxylic acids is 1. The van der Waals surface area contributed by atoms with E-state index in [-0.39, 0.29) is 29.9 Å². The first-order valence-corrected chi connectivity index (χ1v) is 9.05. The maximum Gasteiger partial charge on any atom is 0.274 e. The van der Waals surface area contributed by atoms with Gasteiger partial charge in [0.25, 0.3) is 5.91 Å². The van der Waals surface area contributed by atoms with Crippen LogP contribution in [-0.4, -0.2) is 15.9 Å². The van der Waals surface area contributed by atoms with Gasteiger partial charge in [0.1, 0.15) is 11.5 Å². The molecule has 0 saturated carbocycles. The third-order valence-electron chi connectivity index (χ3n) is 4.40. The largest absolute Gasteiger partial charge is 0.350 e. The second kappa shape index (κ2) is 8.17. The van der Waals surface area contributed by atoms with Crippen molar-refractivity contribution in [2.45, 2.75) is 34.2 Å². The molecule has 0 aliphatic rings. The van der Waals surface area contributed by atoms with Gasteiger partial charge in [-0.15, -0.1) is 0 Å². The summed E-state index contributed by atoms with van der Waals surface area (Å²) >= 11 is 0. The van der Waals surface area contributed by atoms with Crippen LogP contribution in [0.4, 0.5) is 16.0 Å². The van der Waals surface area contributed by atoms with E-state index >= 15 is 0 Å². The van der Waals surface area contributed by atoms with Crippen LogP contribution in [0, 0.1) is 33.5 Å². The molecule has 2 aromatic carbocycles. The molecule has 144 valence electrons. The minimum Gasteiger partial charge on any atom is -0.350 e. The topological polar surface area (TPSA) is 66.9 Å². The van der Waals surface area contributed by atoms with Crippen LogP contribution in [-0.2, 0) is 6.54 Å². The Bertz CT molecular complexity index is 1010. The van der Waals surface area contributed by atoms with E-state index in [2.05, 4.69) is 20.6 Å². The highest BCUT2D eigenvalue weighted by atomic mass is 19.1. The van der Waals surface area contributed by atoms with Gasteiger partial charge < -0.3 is 10.6 Å². The second-order valence-electron chi connectivity index (χ2n) is 6.89. The summed E-state index contributed by atoms with van der Waals surface area (Å²) in [5, 5.41) is 5.93. The van der Waals surface area contributed by atoms with Gasteiger partial charge in [-0.2, -0.15) is 0 Å². The van der Waals surface area contributed by atoms with Crippen LogP contribution in [0.2, 0.25) is 0 Å². The van der Waals surface area contributed by atoms with E-state index in [1.54, 1.807) is 31.2 Å². The molecular formula is C22H23FN4O. The molecule has 1 heterocycles. The molecule has 1 amide bonds. The lowest BCUT2D eigenvalue weighted by molar-refractivity contribution is 0.102. The number of rotatable bonds is 5. The summed E-state index contributed by atoms with van der Waals surface area (Å²) in [5.74, 6) is -0.328. The molecule has 6 heteroatoms. The Kier molecular flexibility index (Phi) is 5.68. The van der Waals surface area contributed by atoms with Crippen molar-refractivity contribution in [3.63, 3.8) is 0 Å². The lowest BCUT2D eigenvalue weighted by atomic mass is 10.0. The van der Waals surface area contributed by atoms with Crippen molar-refractivity contribution in [3.8, 4) is 0 Å². The van der Waals surface area contributed by atoms with Crippen LogP contribution in [0.25, 0.3) is 0 Å². The van der Waals surface area contributed by atoms with Crippen LogP contribution in [0.15, 0.2) is 42.5 Å². The van der Waals surface area contributed by atoms with Crippen molar-refractivity contribution in [3.05, 3.63) is 81.9 Å². The minimum atomic E-state index is -0.311. The normalized spacial score (nSPS) is 10.6. The van der Waals surface area contributed by atoms with Crippen LogP contribution in [0.3, 0.4) is 0 Å². The fraction of sp³-hybridized carbons (Fsp3) is 0.227. The number of amides is 1. The van der Waals surface area contributed by atoms with E-state index < -0.39 is 0 Å². The summed E-state index contributed by atoms with van der Waals surface area (Å²) in [6.45, 7) is 7.96. The average Bonchev–Trinajstić information content (AvgIpc) is 2.63. The van der Waals surface area contributed by atoms with E-state index in [0.29, 0.717) is 11.3 Å². The Labute approximate surface area is 164 Å². The first-order valence-electron chi connectivity index (χ1n) is 9.05. The second-order valence-corrected chi connectivity index (χ2v) is 6.89. The van der Waals surface area contributed by atoms with Gasteiger partial charge in [-0.3, -0.25) is 4.79 Å². The number of anilines is 2. The van der Waals surface area contributed by atoms with Gasteiger partial charge in [0.05, 0.1) is 0 Å². The van der Waals surface area contributed by atoms with Crippen molar-refractivity contribution in [1.82, 2.24) is 9.97 Å². The van der Waals surface area contributed by atoms with E-state index in [0.717, 1.165) is 22.4 Å². The Morgan fingerprint density at radius 2 is 1.68 bits per heavy atom. The number of aryl methyl sites for hydroxylation is 4.